The first kappa shape index (κ1) is 17.3. The molecule has 0 radical (unpaired) electrons. The van der Waals surface area contributed by atoms with E-state index in [2.05, 4.69) is 41.5 Å². The summed E-state index contributed by atoms with van der Waals surface area (Å²) in [7, 11) is 0. The van der Waals surface area contributed by atoms with Gasteiger partial charge in [0.25, 0.3) is 0 Å². The molecule has 0 saturated heterocycles. The summed E-state index contributed by atoms with van der Waals surface area (Å²) in [5.74, 6) is 0.368. The smallest absolute Gasteiger partial charge is 0.185 e. The fourth-order valence-electron chi connectivity index (χ4n) is 2.66. The normalized spacial score (nSPS) is 17.1. The highest BCUT2D eigenvalue weighted by atomic mass is 16.3. The van der Waals surface area contributed by atoms with Gasteiger partial charge in [0.05, 0.1) is 0 Å². The number of hydrogen-bond donors (Lipinski definition) is 1. The third-order valence-corrected chi connectivity index (χ3v) is 3.99. The summed E-state index contributed by atoms with van der Waals surface area (Å²) < 4.78 is 0. The first-order valence-corrected chi connectivity index (χ1v) is 7.99. The van der Waals surface area contributed by atoms with E-state index in [1.165, 1.54) is 0 Å². The number of phenols is 1. The molecule has 0 aliphatic heterocycles. The highest BCUT2D eigenvalue weighted by molar-refractivity contribution is 6.10. The maximum atomic E-state index is 12.0. The van der Waals surface area contributed by atoms with E-state index in [4.69, 9.17) is 0 Å². The fraction of sp³-hybridized carbons (Fsp3) is 0.381. The molecule has 0 heterocycles. The van der Waals surface area contributed by atoms with Crippen molar-refractivity contribution >= 4 is 11.9 Å². The second-order valence-corrected chi connectivity index (χ2v) is 8.15. The predicted octanol–water partition coefficient (Wildman–Crippen LogP) is 5.07. The number of carbonyl (C=O) groups is 1. The van der Waals surface area contributed by atoms with Crippen LogP contribution in [0, 0.1) is 0 Å². The number of phenolic OH excluding ortho intramolecular Hbond substituents is 1. The van der Waals surface area contributed by atoms with E-state index < -0.39 is 0 Å². The van der Waals surface area contributed by atoms with Gasteiger partial charge in [-0.2, -0.15) is 0 Å². The monoisotopic (exact) mass is 310 g/mol. The minimum atomic E-state index is -0.176. The first-order valence-electron chi connectivity index (χ1n) is 7.99. The lowest BCUT2D eigenvalue weighted by atomic mass is 9.78. The molecule has 0 unspecified atom stereocenters. The van der Waals surface area contributed by atoms with E-state index in [-0.39, 0.29) is 16.6 Å². The third-order valence-electron chi connectivity index (χ3n) is 3.99. The Morgan fingerprint density at radius 1 is 0.870 bits per heavy atom. The Hall–Kier alpha value is -2.09. The molecule has 1 aliphatic rings. The molecule has 0 bridgehead atoms. The Morgan fingerprint density at radius 3 is 1.78 bits per heavy atom. The van der Waals surface area contributed by atoms with Gasteiger partial charge in [-0.25, -0.2) is 0 Å². The van der Waals surface area contributed by atoms with Crippen molar-refractivity contribution < 1.29 is 9.90 Å². The summed E-state index contributed by atoms with van der Waals surface area (Å²) in [6.07, 6.45) is 8.90. The average molecular weight is 310 g/mol. The molecular weight excluding hydrogens is 284 g/mol. The fourth-order valence-corrected chi connectivity index (χ4v) is 2.66. The molecular formula is C21H26O2. The van der Waals surface area contributed by atoms with Crippen LogP contribution in [-0.4, -0.2) is 10.9 Å². The number of aromatic hydroxyl groups is 1. The van der Waals surface area contributed by atoms with Crippen molar-refractivity contribution in [1.29, 1.82) is 0 Å². The SMILES string of the molecule is CC(C)(C)c1cc(C=C2C=CC=CC2=O)cc(C(C)(C)C)c1O. The van der Waals surface area contributed by atoms with Gasteiger partial charge in [-0.3, -0.25) is 4.79 Å². The van der Waals surface area contributed by atoms with Gasteiger partial charge in [-0.05, 0) is 40.7 Å². The van der Waals surface area contributed by atoms with Crippen molar-refractivity contribution in [3.63, 3.8) is 0 Å². The number of benzene rings is 1. The molecule has 2 nitrogen and oxygen atoms in total. The molecule has 1 aliphatic carbocycles. The van der Waals surface area contributed by atoms with Gasteiger partial charge in [-0.15, -0.1) is 0 Å². The van der Waals surface area contributed by atoms with Crippen molar-refractivity contribution in [1.82, 2.24) is 0 Å². The molecule has 0 aromatic heterocycles. The topological polar surface area (TPSA) is 37.3 Å². The number of ketones is 1. The Kier molecular flexibility index (Phi) is 4.39. The number of allylic oxidation sites excluding steroid dienone is 5. The van der Waals surface area contributed by atoms with E-state index >= 15 is 0 Å². The van der Waals surface area contributed by atoms with Crippen molar-refractivity contribution in [3.8, 4) is 5.75 Å². The maximum absolute atomic E-state index is 12.0. The van der Waals surface area contributed by atoms with Crippen LogP contribution in [0.25, 0.3) is 6.08 Å². The van der Waals surface area contributed by atoms with Crippen molar-refractivity contribution in [2.24, 2.45) is 0 Å². The van der Waals surface area contributed by atoms with Crippen molar-refractivity contribution in [2.75, 3.05) is 0 Å². The molecule has 122 valence electrons. The van der Waals surface area contributed by atoms with Crippen LogP contribution < -0.4 is 0 Å². The van der Waals surface area contributed by atoms with Gasteiger partial charge in [-0.1, -0.05) is 59.8 Å². The molecule has 1 N–H and O–H groups in total. The minimum absolute atomic E-state index is 0.00944. The van der Waals surface area contributed by atoms with Gasteiger partial charge < -0.3 is 5.11 Å². The Bertz CT molecular complexity index is 682. The summed E-state index contributed by atoms with van der Waals surface area (Å²) in [5, 5.41) is 10.7. The predicted molar refractivity (Wildman–Crippen MR) is 96.8 cm³/mol. The zero-order valence-corrected chi connectivity index (χ0v) is 14.9. The van der Waals surface area contributed by atoms with Gasteiger partial charge in [0.1, 0.15) is 5.75 Å². The van der Waals surface area contributed by atoms with Crippen molar-refractivity contribution in [3.05, 3.63) is 58.7 Å². The van der Waals surface area contributed by atoms with E-state index in [9.17, 15) is 9.90 Å². The average Bonchev–Trinajstić information content (AvgIpc) is 2.40. The highest BCUT2D eigenvalue weighted by Crippen LogP contribution is 2.40. The van der Waals surface area contributed by atoms with Gasteiger partial charge in [0.15, 0.2) is 5.78 Å². The maximum Gasteiger partial charge on any atom is 0.185 e. The molecule has 0 fully saturated rings. The largest absolute Gasteiger partial charge is 0.507 e. The number of hydrogen-bond acceptors (Lipinski definition) is 2. The van der Waals surface area contributed by atoms with Crippen LogP contribution in [0.15, 0.2) is 42.0 Å². The molecule has 2 heteroatoms. The molecule has 0 saturated carbocycles. The zero-order chi connectivity index (χ0) is 17.4. The summed E-state index contributed by atoms with van der Waals surface area (Å²) in [4.78, 5) is 12.0. The van der Waals surface area contributed by atoms with Gasteiger partial charge in [0, 0.05) is 16.7 Å². The molecule has 1 aromatic carbocycles. The van der Waals surface area contributed by atoms with Crippen LogP contribution in [0.2, 0.25) is 0 Å². The second-order valence-electron chi connectivity index (χ2n) is 8.15. The summed E-state index contributed by atoms with van der Waals surface area (Å²) in [6.45, 7) is 12.5. The van der Waals surface area contributed by atoms with Crippen LogP contribution in [0.4, 0.5) is 0 Å². The van der Waals surface area contributed by atoms with Crippen LogP contribution in [-0.2, 0) is 15.6 Å². The Labute approximate surface area is 139 Å². The summed E-state index contributed by atoms with van der Waals surface area (Å²) in [6, 6.07) is 3.97. The molecule has 2 rings (SSSR count). The van der Waals surface area contributed by atoms with Crippen LogP contribution in [0.1, 0.15) is 58.2 Å². The Balaban J connectivity index is 2.66. The number of rotatable bonds is 1. The van der Waals surface area contributed by atoms with E-state index in [0.717, 1.165) is 16.7 Å². The molecule has 0 amide bonds. The van der Waals surface area contributed by atoms with E-state index in [1.807, 2.05) is 30.4 Å². The zero-order valence-electron chi connectivity index (χ0n) is 14.9. The lowest BCUT2D eigenvalue weighted by molar-refractivity contribution is -0.111. The highest BCUT2D eigenvalue weighted by Gasteiger charge is 2.26. The molecule has 23 heavy (non-hydrogen) atoms. The summed E-state index contributed by atoms with van der Waals surface area (Å²) >= 11 is 0. The van der Waals surface area contributed by atoms with Crippen molar-refractivity contribution in [2.45, 2.75) is 52.4 Å². The van der Waals surface area contributed by atoms with Crippen LogP contribution >= 0.6 is 0 Å². The van der Waals surface area contributed by atoms with Crippen LogP contribution in [0.3, 0.4) is 0 Å². The Morgan fingerprint density at radius 2 is 1.35 bits per heavy atom. The molecule has 0 atom stereocenters. The standard InChI is InChI=1S/C21H26O2/c1-20(2,3)16-12-14(11-15-9-7-8-10-18(15)22)13-17(19(16)23)21(4,5)6/h7-13,23H,1-6H3. The third kappa shape index (κ3) is 3.82. The van der Waals surface area contributed by atoms with Gasteiger partial charge in [0.2, 0.25) is 0 Å². The summed E-state index contributed by atoms with van der Waals surface area (Å²) in [5.41, 5.74) is 3.06. The van der Waals surface area contributed by atoms with Gasteiger partial charge >= 0.3 is 0 Å². The number of carbonyl (C=O) groups excluding carboxylic acids is 1. The lowest BCUT2D eigenvalue weighted by Gasteiger charge is -2.28. The first-order chi connectivity index (χ1) is 10.5. The quantitative estimate of drug-likeness (QED) is 0.736. The van der Waals surface area contributed by atoms with E-state index in [0.29, 0.717) is 11.3 Å². The van der Waals surface area contributed by atoms with E-state index in [1.54, 1.807) is 12.2 Å². The molecule has 1 aromatic rings. The van der Waals surface area contributed by atoms with Crippen LogP contribution in [0.5, 0.6) is 5.75 Å². The minimum Gasteiger partial charge on any atom is -0.507 e. The lowest BCUT2D eigenvalue weighted by Crippen LogP contribution is -2.17. The second kappa shape index (κ2) is 5.84. The molecule has 0 spiro atoms.